The molecule has 202 valence electrons. The van der Waals surface area contributed by atoms with E-state index in [9.17, 15) is 27.9 Å². The van der Waals surface area contributed by atoms with Crippen molar-refractivity contribution in [1.82, 2.24) is 4.98 Å². The van der Waals surface area contributed by atoms with E-state index in [2.05, 4.69) is 4.98 Å². The Morgan fingerprint density at radius 1 is 1.03 bits per heavy atom. The molecule has 1 amide bonds. The average molecular weight is 533 g/mol. The Hall–Kier alpha value is -4.12. The minimum atomic E-state index is -3.28. The number of benzene rings is 2. The van der Waals surface area contributed by atoms with Gasteiger partial charge in [0.15, 0.2) is 29.5 Å². The van der Waals surface area contributed by atoms with Gasteiger partial charge < -0.3 is 25.1 Å². The fraction of sp³-hybridized carbons (Fsp3) is 0.296. The topological polar surface area (TPSA) is 121 Å². The van der Waals surface area contributed by atoms with E-state index in [-0.39, 0.29) is 34.2 Å². The lowest BCUT2D eigenvalue weighted by molar-refractivity contribution is -0.119. The third kappa shape index (κ3) is 6.23. The van der Waals surface area contributed by atoms with Crippen molar-refractivity contribution < 1.29 is 42.1 Å². The second kappa shape index (κ2) is 12.0. The Bertz CT molecular complexity index is 1330. The van der Waals surface area contributed by atoms with Crippen LogP contribution >= 0.6 is 0 Å². The molecule has 0 fully saturated rings. The summed E-state index contributed by atoms with van der Waals surface area (Å²) in [4.78, 5) is 28.0. The Morgan fingerprint density at radius 3 is 2.32 bits per heavy atom. The van der Waals surface area contributed by atoms with E-state index in [0.717, 1.165) is 0 Å². The molecule has 1 aromatic heterocycles. The number of aryl methyl sites for hydroxylation is 1. The smallest absolute Gasteiger partial charge is 0.272 e. The van der Waals surface area contributed by atoms with E-state index < -0.39 is 49.0 Å². The number of alkyl halides is 2. The fourth-order valence-electron chi connectivity index (χ4n) is 3.76. The molecule has 1 atom stereocenters. The van der Waals surface area contributed by atoms with Gasteiger partial charge in [0.25, 0.3) is 12.3 Å². The summed E-state index contributed by atoms with van der Waals surface area (Å²) in [5.74, 6) is -1.17. The average Bonchev–Trinajstić information content (AvgIpc) is 2.91. The highest BCUT2D eigenvalue weighted by Crippen LogP contribution is 2.37. The number of hydrogen-bond donors (Lipinski definition) is 2. The fourth-order valence-corrected chi connectivity index (χ4v) is 3.76. The van der Waals surface area contributed by atoms with E-state index in [1.807, 2.05) is 0 Å². The second-order valence-electron chi connectivity index (χ2n) is 8.48. The zero-order valence-electron chi connectivity index (χ0n) is 21.0. The molecule has 0 aliphatic heterocycles. The van der Waals surface area contributed by atoms with E-state index in [4.69, 9.17) is 19.9 Å². The predicted molar refractivity (Wildman–Crippen MR) is 132 cm³/mol. The molecule has 0 bridgehead atoms. The maximum atomic E-state index is 14.2. The number of Topliss-reactive ketones (excluding diaryl/α,β-unsaturated/α-hetero) is 1. The number of halogens is 3. The number of aliphatic hydroxyl groups is 1. The number of nitrogens with two attached hydrogens (primary N) is 1. The van der Waals surface area contributed by atoms with Crippen LogP contribution in [-0.4, -0.2) is 49.0 Å². The number of carbonyl (C=O) groups is 2. The first-order valence-electron chi connectivity index (χ1n) is 11.4. The van der Waals surface area contributed by atoms with Gasteiger partial charge in [0.1, 0.15) is 17.3 Å². The molecule has 3 rings (SSSR count). The highest BCUT2D eigenvalue weighted by molar-refractivity contribution is 5.96. The summed E-state index contributed by atoms with van der Waals surface area (Å²) in [6.45, 7) is 1.14. The van der Waals surface area contributed by atoms with Crippen LogP contribution in [0.2, 0.25) is 0 Å². The molecule has 3 N–H and O–H groups in total. The van der Waals surface area contributed by atoms with Crippen LogP contribution in [0.1, 0.15) is 34.5 Å². The Morgan fingerprint density at radius 2 is 1.71 bits per heavy atom. The van der Waals surface area contributed by atoms with Crippen molar-refractivity contribution in [3.05, 3.63) is 71.2 Å². The molecular formula is C27H27F3N2O6. The number of amides is 1. The lowest BCUT2D eigenvalue weighted by Gasteiger charge is -2.27. The van der Waals surface area contributed by atoms with Crippen LogP contribution in [0.3, 0.4) is 0 Å². The molecule has 0 unspecified atom stereocenters. The number of primary amides is 1. The Kier molecular flexibility index (Phi) is 8.95. The molecular weight excluding hydrogens is 505 g/mol. The normalized spacial score (nSPS) is 12.6. The lowest BCUT2D eigenvalue weighted by atomic mass is 9.90. The summed E-state index contributed by atoms with van der Waals surface area (Å²) in [6, 6.07) is 10.8. The number of aromatic nitrogens is 1. The zero-order chi connectivity index (χ0) is 28.0. The number of rotatable bonds is 12. The van der Waals surface area contributed by atoms with Gasteiger partial charge in [-0.2, -0.15) is 0 Å². The first-order valence-corrected chi connectivity index (χ1v) is 11.4. The Balaban J connectivity index is 1.88. The molecule has 0 aliphatic rings. The van der Waals surface area contributed by atoms with Gasteiger partial charge in [-0.05, 0) is 67.4 Å². The molecule has 3 aromatic rings. The summed E-state index contributed by atoms with van der Waals surface area (Å²) in [7, 11) is 2.69. The van der Waals surface area contributed by atoms with Crippen molar-refractivity contribution >= 4 is 11.7 Å². The van der Waals surface area contributed by atoms with Crippen molar-refractivity contribution in [2.24, 2.45) is 5.73 Å². The maximum absolute atomic E-state index is 14.2. The standard InChI is InChI=1S/C27H27F3N2O6/c1-15-12-17(4-6-18(15)28)25-21(36-2)8-9-23(32-25)27(35,26(29)30)11-10-19(33)16-5-7-20(22(13-16)37-3)38-14-24(31)34/h4-9,12-13,26,35H,10-11,14H2,1-3H3,(H2,31,34)/t27-/m1/s1. The number of pyridine rings is 1. The molecule has 0 aliphatic carbocycles. The summed E-state index contributed by atoms with van der Waals surface area (Å²) in [6.07, 6.45) is -4.38. The molecule has 38 heavy (non-hydrogen) atoms. The third-order valence-corrected chi connectivity index (χ3v) is 5.90. The van der Waals surface area contributed by atoms with Crippen LogP contribution in [0.15, 0.2) is 48.5 Å². The molecule has 2 aromatic carbocycles. The van der Waals surface area contributed by atoms with Gasteiger partial charge in [0.2, 0.25) is 0 Å². The molecule has 0 saturated carbocycles. The van der Waals surface area contributed by atoms with E-state index in [0.29, 0.717) is 11.1 Å². The van der Waals surface area contributed by atoms with Crippen LogP contribution in [0.5, 0.6) is 17.2 Å². The number of ketones is 1. The number of hydrogen-bond acceptors (Lipinski definition) is 7. The number of carbonyl (C=O) groups excluding carboxylic acids is 2. The Labute approximate surface area is 217 Å². The van der Waals surface area contributed by atoms with E-state index >= 15 is 0 Å². The lowest BCUT2D eigenvalue weighted by Crippen LogP contribution is -2.36. The molecule has 11 heteroatoms. The number of nitrogens with zero attached hydrogens (tertiary/aromatic N) is 1. The van der Waals surface area contributed by atoms with Crippen LogP contribution in [0.4, 0.5) is 13.2 Å². The van der Waals surface area contributed by atoms with Gasteiger partial charge in [-0.1, -0.05) is 0 Å². The second-order valence-corrected chi connectivity index (χ2v) is 8.48. The van der Waals surface area contributed by atoms with Gasteiger partial charge in [0.05, 0.1) is 19.9 Å². The molecule has 1 heterocycles. The highest BCUT2D eigenvalue weighted by Gasteiger charge is 2.42. The third-order valence-electron chi connectivity index (χ3n) is 5.90. The highest BCUT2D eigenvalue weighted by atomic mass is 19.3. The van der Waals surface area contributed by atoms with E-state index in [1.54, 1.807) is 6.92 Å². The van der Waals surface area contributed by atoms with Gasteiger partial charge in [-0.15, -0.1) is 0 Å². The van der Waals surface area contributed by atoms with E-state index in [1.165, 1.54) is 62.8 Å². The van der Waals surface area contributed by atoms with Crippen LogP contribution in [-0.2, 0) is 10.4 Å². The molecule has 8 nitrogen and oxygen atoms in total. The summed E-state index contributed by atoms with van der Waals surface area (Å²) >= 11 is 0. The van der Waals surface area contributed by atoms with Crippen molar-refractivity contribution in [2.75, 3.05) is 20.8 Å². The first kappa shape index (κ1) is 28.5. The van der Waals surface area contributed by atoms with Gasteiger partial charge in [-0.25, -0.2) is 18.2 Å². The van der Waals surface area contributed by atoms with Crippen molar-refractivity contribution in [2.45, 2.75) is 31.8 Å². The predicted octanol–water partition coefficient (Wildman–Crippen LogP) is 4.19. The monoisotopic (exact) mass is 532 g/mol. The number of ether oxygens (including phenoxy) is 3. The van der Waals surface area contributed by atoms with Gasteiger partial charge in [-0.3, -0.25) is 9.59 Å². The molecule has 0 spiro atoms. The zero-order valence-corrected chi connectivity index (χ0v) is 21.0. The summed E-state index contributed by atoms with van der Waals surface area (Å²) in [5.41, 5.74) is 2.90. The van der Waals surface area contributed by atoms with Crippen molar-refractivity contribution in [3.8, 4) is 28.5 Å². The summed E-state index contributed by atoms with van der Waals surface area (Å²) < 4.78 is 57.9. The van der Waals surface area contributed by atoms with Crippen molar-refractivity contribution in [3.63, 3.8) is 0 Å². The maximum Gasteiger partial charge on any atom is 0.272 e. The van der Waals surface area contributed by atoms with Crippen LogP contribution in [0, 0.1) is 12.7 Å². The van der Waals surface area contributed by atoms with Gasteiger partial charge in [0, 0.05) is 17.5 Å². The minimum Gasteiger partial charge on any atom is -0.494 e. The van der Waals surface area contributed by atoms with Crippen LogP contribution < -0.4 is 19.9 Å². The molecule has 0 saturated heterocycles. The van der Waals surface area contributed by atoms with Crippen LogP contribution in [0.25, 0.3) is 11.3 Å². The van der Waals surface area contributed by atoms with Crippen molar-refractivity contribution in [1.29, 1.82) is 0 Å². The first-order chi connectivity index (χ1) is 18.0. The number of methoxy groups -OCH3 is 2. The quantitative estimate of drug-likeness (QED) is 0.336. The molecule has 0 radical (unpaired) electrons. The SMILES string of the molecule is COc1cc(C(=O)CC[C@@](O)(c2ccc(OC)c(-c3ccc(F)c(C)c3)n2)C(F)F)ccc1OCC(N)=O. The minimum absolute atomic E-state index is 0.120. The van der Waals surface area contributed by atoms with Gasteiger partial charge >= 0.3 is 0 Å². The largest absolute Gasteiger partial charge is 0.494 e. The summed E-state index contributed by atoms with van der Waals surface area (Å²) in [5, 5.41) is 11.0.